The van der Waals surface area contributed by atoms with Crippen molar-refractivity contribution in [2.24, 2.45) is 10.9 Å². The number of amides is 1. The van der Waals surface area contributed by atoms with E-state index in [2.05, 4.69) is 5.16 Å². The number of rotatable bonds is 7. The lowest BCUT2D eigenvalue weighted by atomic mass is 10.1. The van der Waals surface area contributed by atoms with Crippen LogP contribution in [-0.4, -0.2) is 42.1 Å². The van der Waals surface area contributed by atoms with E-state index in [9.17, 15) is 4.79 Å². The first kappa shape index (κ1) is 16.0. The van der Waals surface area contributed by atoms with Crippen LogP contribution in [0.2, 0.25) is 0 Å². The molecule has 0 atom stereocenters. The molecule has 0 unspecified atom stereocenters. The highest BCUT2D eigenvalue weighted by Crippen LogP contribution is 2.08. The van der Waals surface area contributed by atoms with E-state index in [4.69, 9.17) is 15.7 Å². The van der Waals surface area contributed by atoms with Crippen LogP contribution in [-0.2, 0) is 16.1 Å². The first-order chi connectivity index (χ1) is 9.58. The summed E-state index contributed by atoms with van der Waals surface area (Å²) in [6.07, 6.45) is 0.888. The monoisotopic (exact) mass is 279 g/mol. The van der Waals surface area contributed by atoms with E-state index in [1.807, 2.05) is 13.0 Å². The predicted octanol–water partition coefficient (Wildman–Crippen LogP) is 1.17. The van der Waals surface area contributed by atoms with E-state index in [-0.39, 0.29) is 18.3 Å². The van der Waals surface area contributed by atoms with Crippen molar-refractivity contribution in [1.82, 2.24) is 4.90 Å². The van der Waals surface area contributed by atoms with Crippen LogP contribution in [0.15, 0.2) is 29.4 Å². The van der Waals surface area contributed by atoms with Gasteiger partial charge in [-0.15, -0.1) is 0 Å². The highest BCUT2D eigenvalue weighted by atomic mass is 16.5. The van der Waals surface area contributed by atoms with Gasteiger partial charge in [-0.2, -0.15) is 0 Å². The fourth-order valence-corrected chi connectivity index (χ4v) is 1.66. The van der Waals surface area contributed by atoms with Gasteiger partial charge in [0.05, 0.1) is 0 Å². The number of benzene rings is 1. The first-order valence-corrected chi connectivity index (χ1v) is 6.47. The minimum absolute atomic E-state index is 0.0482. The van der Waals surface area contributed by atoms with Crippen molar-refractivity contribution in [2.45, 2.75) is 19.9 Å². The molecule has 1 aromatic carbocycles. The minimum Gasteiger partial charge on any atom is -0.409 e. The standard InChI is InChI=1S/C14H21N3O3/c1-3-7-20-10-13(18)17(2)9-11-5-4-6-12(8-11)14(15)16-19/h4-6,8,19H,3,7,9-10H2,1-2H3,(H2,15,16). The second-order valence-corrected chi connectivity index (χ2v) is 4.49. The Morgan fingerprint density at radius 3 is 2.90 bits per heavy atom. The zero-order valence-corrected chi connectivity index (χ0v) is 11.9. The average Bonchev–Trinajstić information content (AvgIpc) is 2.46. The molecule has 0 radical (unpaired) electrons. The summed E-state index contributed by atoms with van der Waals surface area (Å²) in [5.41, 5.74) is 7.06. The molecule has 6 nitrogen and oxygen atoms in total. The van der Waals surface area contributed by atoms with Crippen LogP contribution in [0.5, 0.6) is 0 Å². The molecule has 1 rings (SSSR count). The van der Waals surface area contributed by atoms with Gasteiger partial charge in [-0.05, 0) is 18.1 Å². The lowest BCUT2D eigenvalue weighted by molar-refractivity contribution is -0.135. The van der Waals surface area contributed by atoms with Crippen LogP contribution in [0, 0.1) is 0 Å². The van der Waals surface area contributed by atoms with Gasteiger partial charge in [-0.3, -0.25) is 4.79 Å². The van der Waals surface area contributed by atoms with Gasteiger partial charge in [0, 0.05) is 25.8 Å². The lowest BCUT2D eigenvalue weighted by Gasteiger charge is -2.17. The Bertz CT molecular complexity index is 474. The Morgan fingerprint density at radius 2 is 2.25 bits per heavy atom. The van der Waals surface area contributed by atoms with Crippen molar-refractivity contribution in [3.8, 4) is 0 Å². The number of hydrogen-bond donors (Lipinski definition) is 2. The van der Waals surface area contributed by atoms with Crippen molar-refractivity contribution in [2.75, 3.05) is 20.3 Å². The quantitative estimate of drug-likeness (QED) is 0.258. The number of likely N-dealkylation sites (N-methyl/N-ethyl adjacent to an activating group) is 1. The molecule has 0 aliphatic rings. The molecule has 3 N–H and O–H groups in total. The molecular formula is C14H21N3O3. The second kappa shape index (κ2) is 8.16. The number of ether oxygens (including phenoxy) is 1. The first-order valence-electron chi connectivity index (χ1n) is 6.47. The molecule has 0 aromatic heterocycles. The van der Waals surface area contributed by atoms with Crippen LogP contribution in [0.3, 0.4) is 0 Å². The molecule has 0 heterocycles. The number of nitrogens with zero attached hydrogens (tertiary/aromatic N) is 2. The van der Waals surface area contributed by atoms with E-state index in [1.54, 1.807) is 30.1 Å². The number of carbonyl (C=O) groups is 1. The smallest absolute Gasteiger partial charge is 0.248 e. The molecule has 0 spiro atoms. The maximum Gasteiger partial charge on any atom is 0.248 e. The number of oxime groups is 1. The Hall–Kier alpha value is -2.08. The topological polar surface area (TPSA) is 88.2 Å². The van der Waals surface area contributed by atoms with Crippen molar-refractivity contribution in [1.29, 1.82) is 0 Å². The molecule has 0 aliphatic carbocycles. The molecule has 0 saturated carbocycles. The molecule has 110 valence electrons. The summed E-state index contributed by atoms with van der Waals surface area (Å²) in [4.78, 5) is 13.4. The van der Waals surface area contributed by atoms with Crippen molar-refractivity contribution >= 4 is 11.7 Å². The molecule has 1 aromatic rings. The summed E-state index contributed by atoms with van der Waals surface area (Å²) in [7, 11) is 1.72. The molecule has 20 heavy (non-hydrogen) atoms. The third kappa shape index (κ3) is 4.89. The lowest BCUT2D eigenvalue weighted by Crippen LogP contribution is -2.30. The normalized spacial score (nSPS) is 11.4. The number of carbonyl (C=O) groups excluding carboxylic acids is 1. The zero-order chi connectivity index (χ0) is 15.0. The fourth-order valence-electron chi connectivity index (χ4n) is 1.66. The van der Waals surface area contributed by atoms with E-state index in [0.717, 1.165) is 12.0 Å². The van der Waals surface area contributed by atoms with Gasteiger partial charge in [0.15, 0.2) is 5.84 Å². The van der Waals surface area contributed by atoms with Crippen LogP contribution in [0.4, 0.5) is 0 Å². The molecule has 0 bridgehead atoms. The molecule has 0 saturated heterocycles. The van der Waals surface area contributed by atoms with Gasteiger partial charge < -0.3 is 20.6 Å². The predicted molar refractivity (Wildman–Crippen MR) is 76.5 cm³/mol. The van der Waals surface area contributed by atoms with Gasteiger partial charge in [0.2, 0.25) is 5.91 Å². The summed E-state index contributed by atoms with van der Waals surface area (Å²) in [6, 6.07) is 7.20. The van der Waals surface area contributed by atoms with Gasteiger partial charge in [-0.25, -0.2) is 0 Å². The molecular weight excluding hydrogens is 258 g/mol. The summed E-state index contributed by atoms with van der Waals surface area (Å²) in [5, 5.41) is 11.6. The molecule has 0 fully saturated rings. The SMILES string of the molecule is CCCOCC(=O)N(C)Cc1cccc(/C(N)=N/O)c1. The van der Waals surface area contributed by atoms with Gasteiger partial charge in [0.25, 0.3) is 0 Å². The van der Waals surface area contributed by atoms with Crippen molar-refractivity contribution < 1.29 is 14.7 Å². The van der Waals surface area contributed by atoms with Crippen LogP contribution in [0.1, 0.15) is 24.5 Å². The second-order valence-electron chi connectivity index (χ2n) is 4.49. The van der Waals surface area contributed by atoms with Gasteiger partial charge in [-0.1, -0.05) is 30.3 Å². The average molecular weight is 279 g/mol. The maximum absolute atomic E-state index is 11.8. The number of amidine groups is 1. The molecule has 6 heteroatoms. The largest absolute Gasteiger partial charge is 0.409 e. The van der Waals surface area contributed by atoms with Gasteiger partial charge >= 0.3 is 0 Å². The van der Waals surface area contributed by atoms with E-state index in [1.165, 1.54) is 0 Å². The highest BCUT2D eigenvalue weighted by molar-refractivity contribution is 5.97. The van der Waals surface area contributed by atoms with E-state index >= 15 is 0 Å². The zero-order valence-electron chi connectivity index (χ0n) is 11.9. The Labute approximate surface area is 118 Å². The van der Waals surface area contributed by atoms with Crippen molar-refractivity contribution in [3.05, 3.63) is 35.4 Å². The highest BCUT2D eigenvalue weighted by Gasteiger charge is 2.10. The maximum atomic E-state index is 11.8. The Morgan fingerprint density at radius 1 is 1.50 bits per heavy atom. The molecule has 1 amide bonds. The molecule has 0 aliphatic heterocycles. The van der Waals surface area contributed by atoms with E-state index < -0.39 is 0 Å². The van der Waals surface area contributed by atoms with Crippen LogP contribution < -0.4 is 5.73 Å². The number of nitrogens with two attached hydrogens (primary N) is 1. The van der Waals surface area contributed by atoms with Crippen LogP contribution >= 0.6 is 0 Å². The summed E-state index contributed by atoms with van der Waals surface area (Å²) in [6.45, 7) is 3.11. The van der Waals surface area contributed by atoms with E-state index in [0.29, 0.717) is 18.7 Å². The summed E-state index contributed by atoms with van der Waals surface area (Å²) in [5.74, 6) is -0.0280. The third-order valence-corrected chi connectivity index (χ3v) is 2.75. The summed E-state index contributed by atoms with van der Waals surface area (Å²) >= 11 is 0. The minimum atomic E-state index is -0.0762. The van der Waals surface area contributed by atoms with Crippen LogP contribution in [0.25, 0.3) is 0 Å². The number of hydrogen-bond acceptors (Lipinski definition) is 4. The fraction of sp³-hybridized carbons (Fsp3) is 0.429. The summed E-state index contributed by atoms with van der Waals surface area (Å²) < 4.78 is 5.22. The third-order valence-electron chi connectivity index (χ3n) is 2.75. The van der Waals surface area contributed by atoms with Crippen molar-refractivity contribution in [3.63, 3.8) is 0 Å². The Kier molecular flexibility index (Phi) is 6.52. The van der Waals surface area contributed by atoms with Gasteiger partial charge in [0.1, 0.15) is 6.61 Å². The Balaban J connectivity index is 2.61.